The number of unbranched alkanes of at least 4 members (excludes halogenated alkanes) is 11. The number of ether oxygens (including phenoxy) is 6. The topological polar surface area (TPSA) is 55.4 Å². The van der Waals surface area contributed by atoms with Gasteiger partial charge in [0.2, 0.25) is 0 Å². The quantitative estimate of drug-likeness (QED) is 0.115. The first kappa shape index (κ1) is 32.8. The Morgan fingerprint density at radius 2 is 0.455 bits per heavy atom. The molecule has 0 aliphatic carbocycles. The van der Waals surface area contributed by atoms with Gasteiger partial charge in [-0.2, -0.15) is 0 Å². The summed E-state index contributed by atoms with van der Waals surface area (Å²) < 4.78 is 33.1. The predicted octanol–water partition coefficient (Wildman–Crippen LogP) is 6.20. The molecule has 0 heterocycles. The maximum absolute atomic E-state index is 5.63. The summed E-state index contributed by atoms with van der Waals surface area (Å²) >= 11 is 0. The summed E-state index contributed by atoms with van der Waals surface area (Å²) in [6.07, 6.45) is 17.1. The van der Waals surface area contributed by atoms with E-state index in [0.717, 1.165) is 26.1 Å². The summed E-state index contributed by atoms with van der Waals surface area (Å²) in [5, 5.41) is 0. The monoisotopic (exact) mass is 476 g/mol. The van der Waals surface area contributed by atoms with Crippen molar-refractivity contribution in [3.63, 3.8) is 0 Å². The van der Waals surface area contributed by atoms with Gasteiger partial charge in [-0.1, -0.05) is 84.5 Å². The van der Waals surface area contributed by atoms with Crippen LogP contribution < -0.4 is 0 Å². The lowest BCUT2D eigenvalue weighted by molar-refractivity contribution is -0.0169. The summed E-state index contributed by atoms with van der Waals surface area (Å²) in [5.74, 6) is 0. The van der Waals surface area contributed by atoms with E-state index in [2.05, 4.69) is 13.8 Å². The summed E-state index contributed by atoms with van der Waals surface area (Å²) in [6, 6.07) is 0. The summed E-state index contributed by atoms with van der Waals surface area (Å²) in [5.41, 5.74) is 0. The van der Waals surface area contributed by atoms with Crippen LogP contribution in [0.25, 0.3) is 0 Å². The van der Waals surface area contributed by atoms with E-state index in [4.69, 9.17) is 28.4 Å². The molecule has 0 saturated heterocycles. The largest absolute Gasteiger partial charge is 0.379 e. The summed E-state index contributed by atoms with van der Waals surface area (Å²) in [6.45, 7) is 12.3. The van der Waals surface area contributed by atoms with Gasteiger partial charge in [-0.15, -0.1) is 0 Å². The average Bonchev–Trinajstić information content (AvgIpc) is 2.83. The maximum Gasteiger partial charge on any atom is 0.0701 e. The van der Waals surface area contributed by atoms with E-state index >= 15 is 0 Å². The molecule has 33 heavy (non-hydrogen) atoms. The minimum absolute atomic E-state index is 0.582. The van der Waals surface area contributed by atoms with E-state index in [9.17, 15) is 0 Å². The Kier molecular flexibility index (Phi) is 31.5. The van der Waals surface area contributed by atoms with Gasteiger partial charge in [-0.3, -0.25) is 0 Å². The molecule has 0 fully saturated rings. The third-order valence-corrected chi connectivity index (χ3v) is 5.39. The first-order chi connectivity index (χ1) is 16.4. The molecule has 0 aliphatic heterocycles. The minimum Gasteiger partial charge on any atom is -0.379 e. The zero-order valence-electron chi connectivity index (χ0n) is 22.1. The molecule has 0 rings (SSSR count). The van der Waals surface area contributed by atoms with Crippen LogP contribution in [0, 0.1) is 0 Å². The van der Waals surface area contributed by atoms with Crippen molar-refractivity contribution in [1.29, 1.82) is 0 Å². The van der Waals surface area contributed by atoms with Gasteiger partial charge in [0.15, 0.2) is 0 Å². The Morgan fingerprint density at radius 3 is 0.788 bits per heavy atom. The van der Waals surface area contributed by atoms with Crippen molar-refractivity contribution in [2.24, 2.45) is 0 Å². The third kappa shape index (κ3) is 31.8. The molecule has 6 heteroatoms. The molecule has 0 saturated carbocycles. The second-order valence-corrected chi connectivity index (χ2v) is 8.56. The standard InChI is InChI=1S/C27H56O6/c1-3-5-7-8-9-10-11-12-13-15-17-29-19-21-31-23-25-33-27-26-32-24-22-30-20-18-28-16-14-6-4-2/h3-27H2,1-2H3. The number of hydrogen-bond donors (Lipinski definition) is 0. The highest BCUT2D eigenvalue weighted by Crippen LogP contribution is 2.10. The smallest absolute Gasteiger partial charge is 0.0701 e. The fourth-order valence-electron chi connectivity index (χ4n) is 3.35. The number of rotatable bonds is 30. The average molecular weight is 477 g/mol. The fourth-order valence-corrected chi connectivity index (χ4v) is 3.35. The van der Waals surface area contributed by atoms with Crippen molar-refractivity contribution in [3.05, 3.63) is 0 Å². The van der Waals surface area contributed by atoms with Crippen molar-refractivity contribution < 1.29 is 28.4 Å². The van der Waals surface area contributed by atoms with Crippen LogP contribution in [0.2, 0.25) is 0 Å². The van der Waals surface area contributed by atoms with Gasteiger partial charge < -0.3 is 28.4 Å². The predicted molar refractivity (Wildman–Crippen MR) is 136 cm³/mol. The highest BCUT2D eigenvalue weighted by molar-refractivity contribution is 4.47. The molecule has 0 aromatic carbocycles. The molecule has 0 N–H and O–H groups in total. The van der Waals surface area contributed by atoms with Gasteiger partial charge in [0.1, 0.15) is 0 Å². The molecule has 200 valence electrons. The SMILES string of the molecule is CCCCCCCCCCCCOCCOCCOCCOCCOCCOCCCCC. The minimum atomic E-state index is 0.582. The molecule has 0 aliphatic rings. The molecule has 0 amide bonds. The Balaban J connectivity index is 2.99. The van der Waals surface area contributed by atoms with Crippen molar-refractivity contribution in [2.45, 2.75) is 97.3 Å². The molecule has 0 unspecified atom stereocenters. The zero-order valence-corrected chi connectivity index (χ0v) is 22.1. The van der Waals surface area contributed by atoms with Crippen LogP contribution in [-0.2, 0) is 28.4 Å². The molecule has 0 bridgehead atoms. The van der Waals surface area contributed by atoms with Crippen molar-refractivity contribution in [1.82, 2.24) is 0 Å². The second-order valence-electron chi connectivity index (χ2n) is 8.56. The molecule has 0 atom stereocenters. The number of hydrogen-bond acceptors (Lipinski definition) is 6. The van der Waals surface area contributed by atoms with Crippen LogP contribution in [0.1, 0.15) is 97.3 Å². The maximum atomic E-state index is 5.63. The lowest BCUT2D eigenvalue weighted by atomic mass is 10.1. The third-order valence-electron chi connectivity index (χ3n) is 5.39. The van der Waals surface area contributed by atoms with Crippen LogP contribution in [0.3, 0.4) is 0 Å². The van der Waals surface area contributed by atoms with Crippen molar-refractivity contribution in [3.8, 4) is 0 Å². The van der Waals surface area contributed by atoms with E-state index in [0.29, 0.717) is 66.1 Å². The van der Waals surface area contributed by atoms with Crippen LogP contribution >= 0.6 is 0 Å². The van der Waals surface area contributed by atoms with Gasteiger partial charge in [-0.05, 0) is 12.8 Å². The Hall–Kier alpha value is -0.240. The molecule has 0 radical (unpaired) electrons. The van der Waals surface area contributed by atoms with Crippen LogP contribution in [-0.4, -0.2) is 79.3 Å². The van der Waals surface area contributed by atoms with Crippen molar-refractivity contribution in [2.75, 3.05) is 79.3 Å². The molecule has 0 spiro atoms. The molecule has 0 aromatic rings. The van der Waals surface area contributed by atoms with E-state index < -0.39 is 0 Å². The van der Waals surface area contributed by atoms with Gasteiger partial charge in [0.05, 0.1) is 66.1 Å². The van der Waals surface area contributed by atoms with E-state index in [1.165, 1.54) is 70.6 Å². The first-order valence-corrected chi connectivity index (χ1v) is 13.9. The second kappa shape index (κ2) is 31.8. The molecular formula is C27H56O6. The summed E-state index contributed by atoms with van der Waals surface area (Å²) in [7, 11) is 0. The molecule has 6 nitrogen and oxygen atoms in total. The lowest BCUT2D eigenvalue weighted by Crippen LogP contribution is -2.14. The van der Waals surface area contributed by atoms with Gasteiger partial charge >= 0.3 is 0 Å². The van der Waals surface area contributed by atoms with E-state index in [1.807, 2.05) is 0 Å². The van der Waals surface area contributed by atoms with Crippen LogP contribution in [0.15, 0.2) is 0 Å². The van der Waals surface area contributed by atoms with Gasteiger partial charge in [0.25, 0.3) is 0 Å². The van der Waals surface area contributed by atoms with Gasteiger partial charge in [-0.25, -0.2) is 0 Å². The normalized spacial score (nSPS) is 11.5. The van der Waals surface area contributed by atoms with E-state index in [1.54, 1.807) is 0 Å². The van der Waals surface area contributed by atoms with Crippen molar-refractivity contribution >= 4 is 0 Å². The van der Waals surface area contributed by atoms with E-state index in [-0.39, 0.29) is 0 Å². The summed E-state index contributed by atoms with van der Waals surface area (Å²) in [4.78, 5) is 0. The molecular weight excluding hydrogens is 420 g/mol. The van der Waals surface area contributed by atoms with Gasteiger partial charge in [0, 0.05) is 13.2 Å². The Labute approximate surface area is 205 Å². The highest BCUT2D eigenvalue weighted by atomic mass is 16.6. The Morgan fingerprint density at radius 1 is 0.242 bits per heavy atom. The zero-order chi connectivity index (χ0) is 23.9. The lowest BCUT2D eigenvalue weighted by Gasteiger charge is -2.08. The van der Waals surface area contributed by atoms with Crippen LogP contribution in [0.4, 0.5) is 0 Å². The van der Waals surface area contributed by atoms with Crippen LogP contribution in [0.5, 0.6) is 0 Å². The molecule has 0 aromatic heterocycles. The Bertz CT molecular complexity index is 300. The first-order valence-electron chi connectivity index (χ1n) is 13.9. The highest BCUT2D eigenvalue weighted by Gasteiger charge is 1.96. The fraction of sp³-hybridized carbons (Fsp3) is 1.00.